The third kappa shape index (κ3) is 3.33. The largest absolute Gasteiger partial charge is 0.508 e. The minimum absolute atomic E-state index is 0.0511. The van der Waals surface area contributed by atoms with Crippen molar-refractivity contribution in [2.45, 2.75) is 12.8 Å². The number of nitrogens with two attached hydrogens (primary N) is 1. The fourth-order valence-corrected chi connectivity index (χ4v) is 3.25. The van der Waals surface area contributed by atoms with Gasteiger partial charge in [-0.2, -0.15) is 5.26 Å². The van der Waals surface area contributed by atoms with Gasteiger partial charge in [0.2, 0.25) is 0 Å². The average molecular weight is 320 g/mol. The standard InChI is InChI=1S/C19H20N4O/c20-11-14-3-1-5-17(9-14)23-8-7-16(12-23)19(22-13-21)15-4-2-6-18(24)10-15/h1-3,5-6,9-10,13,15,24H,4,7-8,12H2,(H2,21,22)/b19-16-. The number of benzene rings is 1. The van der Waals surface area contributed by atoms with Crippen LogP contribution in [0.2, 0.25) is 0 Å². The molecule has 24 heavy (non-hydrogen) atoms. The molecule has 1 unspecified atom stereocenters. The van der Waals surface area contributed by atoms with E-state index >= 15 is 0 Å². The summed E-state index contributed by atoms with van der Waals surface area (Å²) in [6.07, 6.45) is 8.52. The number of hydrogen-bond acceptors (Lipinski definition) is 4. The molecule has 1 aliphatic heterocycles. The molecule has 0 saturated carbocycles. The zero-order valence-corrected chi connectivity index (χ0v) is 13.4. The Labute approximate surface area is 141 Å². The van der Waals surface area contributed by atoms with E-state index in [1.54, 1.807) is 6.08 Å². The van der Waals surface area contributed by atoms with E-state index in [9.17, 15) is 5.11 Å². The third-order valence-corrected chi connectivity index (χ3v) is 4.38. The van der Waals surface area contributed by atoms with Crippen LogP contribution in [-0.4, -0.2) is 24.5 Å². The minimum atomic E-state index is 0.0511. The van der Waals surface area contributed by atoms with Crippen LogP contribution in [0.4, 0.5) is 5.69 Å². The highest BCUT2D eigenvalue weighted by Crippen LogP contribution is 2.32. The summed E-state index contributed by atoms with van der Waals surface area (Å²) in [6.45, 7) is 1.64. The summed E-state index contributed by atoms with van der Waals surface area (Å²) in [6, 6.07) is 9.82. The number of rotatable bonds is 3. The van der Waals surface area contributed by atoms with Crippen molar-refractivity contribution < 1.29 is 5.11 Å². The van der Waals surface area contributed by atoms with E-state index in [0.717, 1.165) is 37.3 Å². The first-order chi connectivity index (χ1) is 11.7. The van der Waals surface area contributed by atoms with E-state index in [4.69, 9.17) is 11.0 Å². The first-order valence-corrected chi connectivity index (χ1v) is 8.00. The molecule has 1 aliphatic carbocycles. The van der Waals surface area contributed by atoms with Gasteiger partial charge >= 0.3 is 0 Å². The summed E-state index contributed by atoms with van der Waals surface area (Å²) in [5.41, 5.74) is 9.41. The minimum Gasteiger partial charge on any atom is -0.508 e. The van der Waals surface area contributed by atoms with Crippen molar-refractivity contribution in [1.82, 2.24) is 0 Å². The van der Waals surface area contributed by atoms with Crippen molar-refractivity contribution in [1.29, 1.82) is 5.26 Å². The fraction of sp³-hybridized carbons (Fsp3) is 0.263. The van der Waals surface area contributed by atoms with Gasteiger partial charge in [0.25, 0.3) is 0 Å². The Morgan fingerprint density at radius 1 is 1.46 bits per heavy atom. The first-order valence-electron chi connectivity index (χ1n) is 8.00. The SMILES string of the molecule is N#Cc1cccc(N2CC/C(=C(/N=CN)C3C=C(O)C=CC3)C2)c1. The zero-order valence-electron chi connectivity index (χ0n) is 13.4. The number of allylic oxidation sites excluding steroid dienone is 3. The molecule has 0 amide bonds. The topological polar surface area (TPSA) is 85.6 Å². The summed E-state index contributed by atoms with van der Waals surface area (Å²) < 4.78 is 0. The molecule has 1 aromatic rings. The van der Waals surface area contributed by atoms with Crippen LogP contribution in [0.3, 0.4) is 0 Å². The Bertz CT molecular complexity index is 783. The molecule has 1 fully saturated rings. The second-order valence-corrected chi connectivity index (χ2v) is 5.94. The van der Waals surface area contributed by atoms with Gasteiger partial charge in [0.05, 0.1) is 23.7 Å². The van der Waals surface area contributed by atoms with Crippen molar-refractivity contribution in [2.24, 2.45) is 16.6 Å². The van der Waals surface area contributed by atoms with Crippen molar-refractivity contribution in [3.63, 3.8) is 0 Å². The molecule has 0 spiro atoms. The van der Waals surface area contributed by atoms with Gasteiger partial charge in [0.1, 0.15) is 5.76 Å². The van der Waals surface area contributed by atoms with Gasteiger partial charge in [-0.15, -0.1) is 0 Å². The van der Waals surface area contributed by atoms with E-state index in [-0.39, 0.29) is 11.7 Å². The lowest BCUT2D eigenvalue weighted by Gasteiger charge is -2.19. The van der Waals surface area contributed by atoms with Crippen LogP contribution in [0.1, 0.15) is 18.4 Å². The zero-order chi connectivity index (χ0) is 16.9. The summed E-state index contributed by atoms with van der Waals surface area (Å²) in [5, 5.41) is 18.8. The van der Waals surface area contributed by atoms with Crippen LogP contribution in [0.25, 0.3) is 0 Å². The van der Waals surface area contributed by atoms with E-state index in [0.29, 0.717) is 5.56 Å². The van der Waals surface area contributed by atoms with Gasteiger partial charge in [0, 0.05) is 24.7 Å². The first kappa shape index (κ1) is 15.9. The van der Waals surface area contributed by atoms with Gasteiger partial charge < -0.3 is 15.7 Å². The quantitative estimate of drug-likeness (QED) is 0.662. The molecule has 1 atom stereocenters. The lowest BCUT2D eigenvalue weighted by atomic mass is 9.93. The maximum atomic E-state index is 9.75. The second kappa shape index (κ2) is 7.05. The van der Waals surface area contributed by atoms with Gasteiger partial charge in [-0.1, -0.05) is 12.1 Å². The van der Waals surface area contributed by atoms with E-state index < -0.39 is 0 Å². The maximum absolute atomic E-state index is 9.75. The van der Waals surface area contributed by atoms with Crippen molar-refractivity contribution >= 4 is 12.0 Å². The van der Waals surface area contributed by atoms with Gasteiger partial charge in [-0.25, -0.2) is 4.99 Å². The summed E-state index contributed by atoms with van der Waals surface area (Å²) >= 11 is 0. The number of hydrogen-bond donors (Lipinski definition) is 2. The van der Waals surface area contributed by atoms with E-state index in [1.807, 2.05) is 36.4 Å². The number of nitrogens with zero attached hydrogens (tertiary/aromatic N) is 3. The summed E-state index contributed by atoms with van der Waals surface area (Å²) in [4.78, 5) is 6.63. The Morgan fingerprint density at radius 2 is 2.33 bits per heavy atom. The van der Waals surface area contributed by atoms with Crippen molar-refractivity contribution in [2.75, 3.05) is 18.0 Å². The predicted octanol–water partition coefficient (Wildman–Crippen LogP) is 3.03. The molecule has 3 rings (SSSR count). The fourth-order valence-electron chi connectivity index (χ4n) is 3.25. The highest BCUT2D eigenvalue weighted by atomic mass is 16.3. The molecular weight excluding hydrogens is 300 g/mol. The molecule has 3 N–H and O–H groups in total. The van der Waals surface area contributed by atoms with Crippen LogP contribution in [-0.2, 0) is 0 Å². The number of nitriles is 1. The Morgan fingerprint density at radius 3 is 3.08 bits per heavy atom. The monoisotopic (exact) mass is 320 g/mol. The number of aliphatic hydroxyl groups is 1. The third-order valence-electron chi connectivity index (χ3n) is 4.38. The molecule has 1 saturated heterocycles. The van der Waals surface area contributed by atoms with Crippen LogP contribution in [0.15, 0.2) is 64.5 Å². The summed E-state index contributed by atoms with van der Waals surface area (Å²) in [7, 11) is 0. The normalized spacial score (nSPS) is 22.5. The Balaban J connectivity index is 1.86. The lowest BCUT2D eigenvalue weighted by molar-refractivity contribution is 0.421. The highest BCUT2D eigenvalue weighted by molar-refractivity contribution is 5.57. The number of aliphatic imine (C=N–C) groups is 1. The van der Waals surface area contributed by atoms with Crippen molar-refractivity contribution in [3.8, 4) is 6.07 Å². The maximum Gasteiger partial charge on any atom is 0.111 e. The summed E-state index contributed by atoms with van der Waals surface area (Å²) in [5.74, 6) is 0.323. The van der Waals surface area contributed by atoms with Crippen LogP contribution in [0.5, 0.6) is 0 Å². The lowest BCUT2D eigenvalue weighted by Crippen LogP contribution is -2.18. The molecule has 122 valence electrons. The average Bonchev–Trinajstić information content (AvgIpc) is 3.09. The number of aliphatic hydroxyl groups excluding tert-OH is 1. The molecule has 2 aliphatic rings. The molecule has 0 bridgehead atoms. The van der Waals surface area contributed by atoms with Crippen molar-refractivity contribution in [3.05, 3.63) is 65.1 Å². The molecule has 0 radical (unpaired) electrons. The van der Waals surface area contributed by atoms with E-state index in [2.05, 4.69) is 16.0 Å². The van der Waals surface area contributed by atoms with Gasteiger partial charge in [0.15, 0.2) is 0 Å². The molecule has 1 aromatic carbocycles. The second-order valence-electron chi connectivity index (χ2n) is 5.94. The Kier molecular flexibility index (Phi) is 4.66. The number of anilines is 1. The highest BCUT2D eigenvalue weighted by Gasteiger charge is 2.24. The molecule has 5 nitrogen and oxygen atoms in total. The van der Waals surface area contributed by atoms with Crippen LogP contribution in [0, 0.1) is 17.2 Å². The molecule has 5 heteroatoms. The molecular formula is C19H20N4O. The smallest absolute Gasteiger partial charge is 0.111 e. The molecule has 1 heterocycles. The van der Waals surface area contributed by atoms with Crippen LogP contribution < -0.4 is 10.6 Å². The van der Waals surface area contributed by atoms with Crippen LogP contribution >= 0.6 is 0 Å². The van der Waals surface area contributed by atoms with Gasteiger partial charge in [-0.05, 0) is 48.8 Å². The van der Waals surface area contributed by atoms with Gasteiger partial charge in [-0.3, -0.25) is 0 Å². The Hall–Kier alpha value is -3.00. The predicted molar refractivity (Wildman–Crippen MR) is 95.7 cm³/mol. The van der Waals surface area contributed by atoms with E-state index in [1.165, 1.54) is 11.9 Å². The molecule has 0 aromatic heterocycles.